The molecule has 34 heavy (non-hydrogen) atoms. The monoisotopic (exact) mass is 481 g/mol. The van der Waals surface area contributed by atoms with Crippen molar-refractivity contribution < 1.29 is 12.9 Å². The molecule has 5 rings (SSSR count). The van der Waals surface area contributed by atoms with Gasteiger partial charge in [0.05, 0.1) is 16.1 Å². The van der Waals surface area contributed by atoms with Crippen molar-refractivity contribution in [1.82, 2.24) is 40.3 Å². The Morgan fingerprint density at radius 3 is 2.68 bits per heavy atom. The molecule has 4 aromatic rings. The summed E-state index contributed by atoms with van der Waals surface area (Å²) in [4.78, 5) is 15.2. The summed E-state index contributed by atoms with van der Waals surface area (Å²) in [7, 11) is -3.35. The highest BCUT2D eigenvalue weighted by molar-refractivity contribution is 7.91. The number of tetrazole rings is 1. The van der Waals surface area contributed by atoms with Crippen molar-refractivity contribution in [3.05, 3.63) is 54.7 Å². The number of rotatable bonds is 8. The quantitative estimate of drug-likeness (QED) is 0.361. The fourth-order valence-electron chi connectivity index (χ4n) is 4.00. The smallest absolute Gasteiger partial charge is 0.245 e. The number of anilines is 1. The van der Waals surface area contributed by atoms with Crippen molar-refractivity contribution in [2.24, 2.45) is 0 Å². The van der Waals surface area contributed by atoms with Gasteiger partial charge in [-0.05, 0) is 48.4 Å². The van der Waals surface area contributed by atoms with Gasteiger partial charge in [-0.3, -0.25) is 0 Å². The summed E-state index contributed by atoms with van der Waals surface area (Å²) < 4.78 is 32.3. The zero-order valence-electron chi connectivity index (χ0n) is 18.5. The van der Waals surface area contributed by atoms with Crippen molar-refractivity contribution >= 4 is 15.8 Å². The molecule has 1 fully saturated rings. The van der Waals surface area contributed by atoms with Crippen molar-refractivity contribution in [3.63, 3.8) is 0 Å². The molecule has 13 heteroatoms. The maximum Gasteiger partial charge on any atom is 0.245 e. The van der Waals surface area contributed by atoms with E-state index in [4.69, 9.17) is 4.52 Å². The molecule has 1 unspecified atom stereocenters. The number of nitrogens with zero attached hydrogens (tertiary/aromatic N) is 9. The summed E-state index contributed by atoms with van der Waals surface area (Å²) in [5, 5.41) is 16.1. The average Bonchev–Trinajstić information content (AvgIpc) is 3.60. The molecule has 4 heterocycles. The standard InChI is InChI=1S/C21H23N9O3S/c1-21(19-24-18(26-33-19)17-22-10-5-11-23-17)9-13-29(15-21)20-25-27-28-30(20)12-6-14-34(31,32)16-7-3-2-4-8-16/h2-5,7-8,10-11H,6,9,12-15H2,1H3. The Balaban J connectivity index is 1.25. The van der Waals surface area contributed by atoms with Gasteiger partial charge in [0.25, 0.3) is 0 Å². The topological polar surface area (TPSA) is 146 Å². The van der Waals surface area contributed by atoms with Crippen LogP contribution in [0.5, 0.6) is 0 Å². The molecule has 0 N–H and O–H groups in total. The lowest BCUT2D eigenvalue weighted by atomic mass is 9.90. The van der Waals surface area contributed by atoms with Crippen LogP contribution in [-0.4, -0.2) is 67.6 Å². The van der Waals surface area contributed by atoms with Crippen LogP contribution in [0.15, 0.2) is 58.2 Å². The van der Waals surface area contributed by atoms with E-state index < -0.39 is 15.3 Å². The van der Waals surface area contributed by atoms with Crippen molar-refractivity contribution in [2.75, 3.05) is 23.7 Å². The largest absolute Gasteiger partial charge is 0.339 e. The molecule has 12 nitrogen and oxygen atoms in total. The van der Waals surface area contributed by atoms with Crippen LogP contribution >= 0.6 is 0 Å². The third-order valence-electron chi connectivity index (χ3n) is 5.86. The number of aryl methyl sites for hydroxylation is 1. The van der Waals surface area contributed by atoms with Gasteiger partial charge in [0, 0.05) is 32.0 Å². The molecule has 0 radical (unpaired) electrons. The van der Waals surface area contributed by atoms with E-state index in [-0.39, 0.29) is 5.75 Å². The zero-order chi connectivity index (χ0) is 23.6. The number of aromatic nitrogens is 8. The maximum atomic E-state index is 12.5. The van der Waals surface area contributed by atoms with Crippen LogP contribution < -0.4 is 4.90 Å². The second kappa shape index (κ2) is 8.89. The molecule has 3 aromatic heterocycles. The van der Waals surface area contributed by atoms with Crippen molar-refractivity contribution in [3.8, 4) is 11.6 Å². The van der Waals surface area contributed by atoms with Gasteiger partial charge in [0.2, 0.25) is 23.5 Å². The Hall–Kier alpha value is -3.74. The normalized spacial score (nSPS) is 18.4. The van der Waals surface area contributed by atoms with Gasteiger partial charge >= 0.3 is 0 Å². The van der Waals surface area contributed by atoms with E-state index in [1.165, 1.54) is 0 Å². The van der Waals surface area contributed by atoms with E-state index in [2.05, 4.69) is 47.5 Å². The Kier molecular flexibility index (Phi) is 5.77. The summed E-state index contributed by atoms with van der Waals surface area (Å²) >= 11 is 0. The zero-order valence-corrected chi connectivity index (χ0v) is 19.3. The Labute approximate surface area is 196 Å². The van der Waals surface area contributed by atoms with Crippen LogP contribution in [0.4, 0.5) is 5.95 Å². The van der Waals surface area contributed by atoms with E-state index in [1.807, 2.05) is 0 Å². The molecule has 176 valence electrons. The number of benzene rings is 1. The van der Waals surface area contributed by atoms with Gasteiger partial charge in [-0.15, -0.1) is 0 Å². The van der Waals surface area contributed by atoms with Gasteiger partial charge in [-0.1, -0.05) is 28.5 Å². The third-order valence-corrected chi connectivity index (χ3v) is 7.68. The molecule has 0 spiro atoms. The highest BCUT2D eigenvalue weighted by Gasteiger charge is 2.42. The first-order valence-electron chi connectivity index (χ1n) is 10.9. The van der Waals surface area contributed by atoms with Crippen molar-refractivity contribution in [1.29, 1.82) is 0 Å². The second-order valence-corrected chi connectivity index (χ2v) is 10.5. The first-order valence-corrected chi connectivity index (χ1v) is 12.5. The van der Waals surface area contributed by atoms with Crippen LogP contribution in [0.1, 0.15) is 25.7 Å². The lowest BCUT2D eigenvalue weighted by Crippen LogP contribution is -2.30. The summed E-state index contributed by atoms with van der Waals surface area (Å²) in [6, 6.07) is 10.2. The van der Waals surface area contributed by atoms with Gasteiger partial charge in [-0.2, -0.15) is 4.98 Å². The van der Waals surface area contributed by atoms with Gasteiger partial charge < -0.3 is 9.42 Å². The van der Waals surface area contributed by atoms with E-state index in [9.17, 15) is 8.42 Å². The predicted molar refractivity (Wildman–Crippen MR) is 120 cm³/mol. The summed E-state index contributed by atoms with van der Waals surface area (Å²) in [5.41, 5.74) is -0.395. The Bertz CT molecular complexity index is 1360. The van der Waals surface area contributed by atoms with Gasteiger partial charge in [0.15, 0.2) is 9.84 Å². The molecule has 1 aromatic carbocycles. The van der Waals surface area contributed by atoms with Gasteiger partial charge in [0.1, 0.15) is 0 Å². The number of sulfone groups is 1. The average molecular weight is 482 g/mol. The van der Waals surface area contributed by atoms with Crippen LogP contribution in [0.25, 0.3) is 11.6 Å². The molecule has 0 amide bonds. The van der Waals surface area contributed by atoms with Crippen LogP contribution in [0.3, 0.4) is 0 Å². The molecule has 1 saturated heterocycles. The fourth-order valence-corrected chi connectivity index (χ4v) is 5.32. The SMILES string of the molecule is CC1(c2nc(-c3ncccn3)no2)CCN(c2nnnn2CCCS(=O)(=O)c2ccccc2)C1. The molecule has 0 aliphatic carbocycles. The Morgan fingerprint density at radius 1 is 1.09 bits per heavy atom. The predicted octanol–water partition coefficient (Wildman–Crippen LogP) is 1.55. The van der Waals surface area contributed by atoms with Crippen molar-refractivity contribution in [2.45, 2.75) is 36.6 Å². The van der Waals surface area contributed by atoms with Crippen LogP contribution in [0, 0.1) is 0 Å². The van der Waals surface area contributed by atoms with E-state index in [1.54, 1.807) is 53.5 Å². The van der Waals surface area contributed by atoms with E-state index in [0.29, 0.717) is 54.4 Å². The molecule has 0 saturated carbocycles. The summed E-state index contributed by atoms with van der Waals surface area (Å²) in [6.45, 7) is 3.71. The first kappa shape index (κ1) is 22.1. The lowest BCUT2D eigenvalue weighted by molar-refractivity contribution is 0.308. The van der Waals surface area contributed by atoms with E-state index >= 15 is 0 Å². The highest BCUT2D eigenvalue weighted by Crippen LogP contribution is 2.35. The van der Waals surface area contributed by atoms with Crippen LogP contribution in [-0.2, 0) is 21.8 Å². The minimum Gasteiger partial charge on any atom is -0.339 e. The molecular formula is C21H23N9O3S. The maximum absolute atomic E-state index is 12.5. The molecule has 1 atom stereocenters. The third kappa shape index (κ3) is 4.38. The minimum absolute atomic E-state index is 0.0142. The molecule has 0 bridgehead atoms. The van der Waals surface area contributed by atoms with Crippen LogP contribution in [0.2, 0.25) is 0 Å². The molecule has 1 aliphatic heterocycles. The minimum atomic E-state index is -3.35. The number of hydrogen-bond acceptors (Lipinski definition) is 11. The number of hydrogen-bond donors (Lipinski definition) is 0. The molecule has 1 aliphatic rings. The second-order valence-electron chi connectivity index (χ2n) is 8.42. The molecular weight excluding hydrogens is 458 g/mol. The highest BCUT2D eigenvalue weighted by atomic mass is 32.2. The lowest BCUT2D eigenvalue weighted by Gasteiger charge is -2.21. The van der Waals surface area contributed by atoms with Gasteiger partial charge in [-0.25, -0.2) is 23.1 Å². The van der Waals surface area contributed by atoms with E-state index in [0.717, 1.165) is 6.42 Å². The first-order chi connectivity index (χ1) is 16.4. The Morgan fingerprint density at radius 2 is 1.88 bits per heavy atom. The summed E-state index contributed by atoms with van der Waals surface area (Å²) in [6.07, 6.45) is 4.41. The fraction of sp³-hybridized carbons (Fsp3) is 0.381. The summed E-state index contributed by atoms with van der Waals surface area (Å²) in [5.74, 6) is 1.86.